The number of aliphatic imine (C=N–C) groups is 1. The lowest BCUT2D eigenvalue weighted by Crippen LogP contribution is -2.15. The van der Waals surface area contributed by atoms with Crippen molar-refractivity contribution in [1.29, 1.82) is 0 Å². The largest absolute Gasteiger partial charge is 0.469 e. The van der Waals surface area contributed by atoms with Gasteiger partial charge in [0.1, 0.15) is 0 Å². The molecule has 0 unspecified atom stereocenters. The summed E-state index contributed by atoms with van der Waals surface area (Å²) in [5, 5.41) is 4.74. The minimum atomic E-state index is -0.271. The van der Waals surface area contributed by atoms with Gasteiger partial charge in [-0.05, 0) is 105 Å². The van der Waals surface area contributed by atoms with Crippen molar-refractivity contribution >= 4 is 41.7 Å². The van der Waals surface area contributed by atoms with E-state index >= 15 is 0 Å². The molecule has 41 heavy (non-hydrogen) atoms. The molecule has 0 saturated heterocycles. The van der Waals surface area contributed by atoms with Crippen molar-refractivity contribution in [3.63, 3.8) is 0 Å². The third-order valence-electron chi connectivity index (χ3n) is 8.30. The van der Waals surface area contributed by atoms with Gasteiger partial charge in [0, 0.05) is 45.4 Å². The van der Waals surface area contributed by atoms with Gasteiger partial charge in [-0.1, -0.05) is 20.8 Å². The highest BCUT2D eigenvalue weighted by molar-refractivity contribution is 6.30. The van der Waals surface area contributed by atoms with Crippen LogP contribution in [-0.4, -0.2) is 40.6 Å². The Labute approximate surface area is 241 Å². The number of methoxy groups -OCH3 is 1. The summed E-state index contributed by atoms with van der Waals surface area (Å²) in [5.41, 5.74) is 11.2. The summed E-state index contributed by atoms with van der Waals surface area (Å²) >= 11 is 0. The Hall–Kier alpha value is -4.20. The number of rotatable bonds is 9. The maximum absolute atomic E-state index is 12.3. The van der Waals surface area contributed by atoms with Crippen molar-refractivity contribution in [2.24, 2.45) is 4.99 Å². The first-order chi connectivity index (χ1) is 19.5. The lowest BCUT2D eigenvalue weighted by molar-refractivity contribution is -0.140. The number of ether oxygens (including phenoxy) is 1. The summed E-state index contributed by atoms with van der Waals surface area (Å²) in [6.07, 6.45) is 9.10. The van der Waals surface area contributed by atoms with E-state index in [0.717, 1.165) is 80.5 Å². The number of allylic oxidation sites excluding steroid dienone is 2. The predicted octanol–water partition coefficient (Wildman–Crippen LogP) is 4.14. The highest BCUT2D eigenvalue weighted by atomic mass is 16.5. The van der Waals surface area contributed by atoms with Crippen LogP contribution in [0.4, 0.5) is 0 Å². The fraction of sp³-hybridized carbons (Fsp3) is 0.394. The van der Waals surface area contributed by atoms with E-state index in [0.29, 0.717) is 17.7 Å². The quantitative estimate of drug-likeness (QED) is 0.403. The maximum Gasteiger partial charge on any atom is 0.305 e. The molecule has 2 aromatic rings. The van der Waals surface area contributed by atoms with Crippen LogP contribution in [0.3, 0.4) is 0 Å². The second kappa shape index (κ2) is 12.1. The molecule has 0 bridgehead atoms. The summed E-state index contributed by atoms with van der Waals surface area (Å²) in [6, 6.07) is 0. The van der Waals surface area contributed by atoms with Crippen molar-refractivity contribution in [1.82, 2.24) is 15.3 Å². The molecule has 0 atom stereocenters. The smallest absolute Gasteiger partial charge is 0.305 e. The Bertz CT molecular complexity index is 1690. The van der Waals surface area contributed by atoms with E-state index in [9.17, 15) is 14.4 Å². The van der Waals surface area contributed by atoms with Crippen LogP contribution in [0.2, 0.25) is 0 Å². The van der Waals surface area contributed by atoms with Gasteiger partial charge in [-0.2, -0.15) is 0 Å². The van der Waals surface area contributed by atoms with Gasteiger partial charge in [0.2, 0.25) is 0 Å². The third-order valence-corrected chi connectivity index (χ3v) is 8.30. The third kappa shape index (κ3) is 5.69. The molecule has 0 aliphatic carbocycles. The van der Waals surface area contributed by atoms with Crippen LogP contribution in [0.1, 0.15) is 87.5 Å². The molecular weight excluding hydrogens is 516 g/mol. The van der Waals surface area contributed by atoms with Crippen LogP contribution < -0.4 is 16.0 Å². The minimum absolute atomic E-state index is 0.0504. The number of nitrogens with zero attached hydrogens (tertiary/aromatic N) is 1. The van der Waals surface area contributed by atoms with E-state index in [1.807, 2.05) is 39.8 Å². The standard InChI is InChI=1S/C33H40N4O4/c1-9-21-17(4)25(14-28-22(10-2)19(6)32(39)36-28)34-27(21)16-30-24(12-13-31(38)41-8)18(5)26(35-30)15-29-23(11-3)20(7)33(40)37-29/h14-16,34-35H,9-13H2,1-8H3,(H,36,39)/b26-15-,28-14-,30-16+. The van der Waals surface area contributed by atoms with Gasteiger partial charge < -0.3 is 20.0 Å². The van der Waals surface area contributed by atoms with Crippen molar-refractivity contribution in [2.75, 3.05) is 7.11 Å². The lowest BCUT2D eigenvalue weighted by atomic mass is 10.0. The molecule has 216 valence electrons. The Balaban J connectivity index is 1.87. The molecule has 0 fully saturated rings. The zero-order chi connectivity index (χ0) is 30.0. The molecule has 2 aliphatic rings. The number of carbonyl (C=O) groups excluding carboxylic acids is 3. The molecule has 0 radical (unpaired) electrons. The fourth-order valence-corrected chi connectivity index (χ4v) is 5.78. The van der Waals surface area contributed by atoms with Crippen molar-refractivity contribution < 1.29 is 19.1 Å². The van der Waals surface area contributed by atoms with Crippen LogP contribution in [0.25, 0.3) is 18.2 Å². The minimum Gasteiger partial charge on any atom is -0.469 e. The second-order valence-corrected chi connectivity index (χ2v) is 10.6. The molecule has 2 aromatic heterocycles. The van der Waals surface area contributed by atoms with Crippen LogP contribution in [0.15, 0.2) is 33.0 Å². The summed E-state index contributed by atoms with van der Waals surface area (Å²) in [6.45, 7) is 14.0. The number of aromatic amines is 2. The van der Waals surface area contributed by atoms with Gasteiger partial charge in [-0.15, -0.1) is 0 Å². The number of esters is 1. The molecular formula is C33H40N4O4. The second-order valence-electron chi connectivity index (χ2n) is 10.6. The maximum atomic E-state index is 12.3. The molecule has 3 N–H and O–H groups in total. The molecule has 2 amide bonds. The SMILES string of the molecule is CCC1=C(C)C(=O)N=C1/C=c1\[nH]/c(=C/c2[nH]c(/C=C3\NC(=O)C(C)=C3CC)c(C)c2CC)c(CCC(=O)OC)c1C. The first kappa shape index (κ1) is 29.8. The lowest BCUT2D eigenvalue weighted by Gasteiger charge is -2.03. The van der Waals surface area contributed by atoms with Crippen LogP contribution in [0, 0.1) is 13.8 Å². The van der Waals surface area contributed by atoms with Gasteiger partial charge >= 0.3 is 5.97 Å². The van der Waals surface area contributed by atoms with E-state index in [1.54, 1.807) is 0 Å². The van der Waals surface area contributed by atoms with E-state index < -0.39 is 0 Å². The molecule has 0 aromatic carbocycles. The van der Waals surface area contributed by atoms with Crippen molar-refractivity contribution in [2.45, 2.75) is 80.6 Å². The first-order valence-electron chi connectivity index (χ1n) is 14.3. The predicted molar refractivity (Wildman–Crippen MR) is 163 cm³/mol. The van der Waals surface area contributed by atoms with E-state index in [-0.39, 0.29) is 24.2 Å². The first-order valence-corrected chi connectivity index (χ1v) is 14.3. The number of hydrogen-bond donors (Lipinski definition) is 3. The fourth-order valence-electron chi connectivity index (χ4n) is 5.78. The monoisotopic (exact) mass is 556 g/mol. The molecule has 4 heterocycles. The topological polar surface area (TPSA) is 116 Å². The molecule has 2 aliphatic heterocycles. The zero-order valence-corrected chi connectivity index (χ0v) is 25.3. The molecule has 4 rings (SSSR count). The number of hydrogen-bond acceptors (Lipinski definition) is 4. The van der Waals surface area contributed by atoms with E-state index in [4.69, 9.17) is 4.74 Å². The van der Waals surface area contributed by atoms with Crippen LogP contribution >= 0.6 is 0 Å². The van der Waals surface area contributed by atoms with Crippen molar-refractivity contribution in [3.8, 4) is 0 Å². The molecule has 0 spiro atoms. The molecule has 0 saturated carbocycles. The Morgan fingerprint density at radius 2 is 1.51 bits per heavy atom. The van der Waals surface area contributed by atoms with Crippen molar-refractivity contribution in [3.05, 3.63) is 72.3 Å². The summed E-state index contributed by atoms with van der Waals surface area (Å²) in [7, 11) is 1.40. The van der Waals surface area contributed by atoms with Gasteiger partial charge in [0.15, 0.2) is 0 Å². The number of aromatic nitrogens is 2. The number of amides is 2. The van der Waals surface area contributed by atoms with Gasteiger partial charge in [0.25, 0.3) is 11.8 Å². The highest BCUT2D eigenvalue weighted by Gasteiger charge is 2.24. The highest BCUT2D eigenvalue weighted by Crippen LogP contribution is 2.28. The Morgan fingerprint density at radius 3 is 2.15 bits per heavy atom. The molecule has 8 heteroatoms. The van der Waals surface area contributed by atoms with Gasteiger partial charge in [0.05, 0.1) is 12.8 Å². The van der Waals surface area contributed by atoms with Gasteiger partial charge in [-0.25, -0.2) is 4.99 Å². The number of H-pyrrole nitrogens is 2. The summed E-state index contributed by atoms with van der Waals surface area (Å²) in [4.78, 5) is 48.1. The summed E-state index contributed by atoms with van der Waals surface area (Å²) in [5.74, 6) is -0.515. The normalized spacial score (nSPS) is 17.5. The zero-order valence-electron chi connectivity index (χ0n) is 25.3. The van der Waals surface area contributed by atoms with E-state index in [1.165, 1.54) is 12.7 Å². The van der Waals surface area contributed by atoms with E-state index in [2.05, 4.69) is 47.1 Å². The average Bonchev–Trinajstić information content (AvgIpc) is 3.59. The number of nitrogens with one attached hydrogen (secondary N) is 3. The Morgan fingerprint density at radius 1 is 0.805 bits per heavy atom. The number of carbonyl (C=O) groups is 3. The van der Waals surface area contributed by atoms with Gasteiger partial charge in [-0.3, -0.25) is 14.4 Å². The van der Waals surface area contributed by atoms with Crippen LogP contribution in [-0.2, 0) is 32.0 Å². The summed E-state index contributed by atoms with van der Waals surface area (Å²) < 4.78 is 4.91. The Kier molecular flexibility index (Phi) is 8.80. The average molecular weight is 557 g/mol. The molecule has 8 nitrogen and oxygen atoms in total. The van der Waals surface area contributed by atoms with Crippen LogP contribution in [0.5, 0.6) is 0 Å².